The Bertz CT molecular complexity index is 1650. The van der Waals surface area contributed by atoms with Gasteiger partial charge in [0.1, 0.15) is 12.7 Å². The fraction of sp³-hybridized carbons (Fsp3) is 0.520. The second-order valence-electron chi connectivity index (χ2n) is 14.6. The molecule has 0 rings (SSSR count). The molecule has 0 spiro atoms. The molecular formula is C50H78O13P2. The van der Waals surface area contributed by atoms with Gasteiger partial charge in [-0.1, -0.05) is 160 Å². The van der Waals surface area contributed by atoms with Crippen LogP contribution in [-0.4, -0.2) is 70.4 Å². The summed E-state index contributed by atoms with van der Waals surface area (Å²) in [5, 5.41) is 9.76. The molecule has 0 aromatic heterocycles. The van der Waals surface area contributed by atoms with Crippen LogP contribution < -0.4 is 0 Å². The Balaban J connectivity index is 4.76. The van der Waals surface area contributed by atoms with Crippen LogP contribution in [0.2, 0.25) is 0 Å². The summed E-state index contributed by atoms with van der Waals surface area (Å²) in [6.07, 6.45) is 57.5. The summed E-state index contributed by atoms with van der Waals surface area (Å²) >= 11 is 0. The Morgan fingerprint density at radius 1 is 0.462 bits per heavy atom. The van der Waals surface area contributed by atoms with Gasteiger partial charge in [-0.3, -0.25) is 23.2 Å². The molecule has 13 nitrogen and oxygen atoms in total. The van der Waals surface area contributed by atoms with E-state index in [0.29, 0.717) is 25.7 Å². The molecular weight excluding hydrogens is 870 g/mol. The van der Waals surface area contributed by atoms with Crippen molar-refractivity contribution in [1.29, 1.82) is 0 Å². The predicted octanol–water partition coefficient (Wildman–Crippen LogP) is 12.2. The maximum absolute atomic E-state index is 12.7. The molecule has 3 atom stereocenters. The molecule has 4 N–H and O–H groups in total. The molecule has 366 valence electrons. The van der Waals surface area contributed by atoms with Crippen LogP contribution >= 0.6 is 15.6 Å². The van der Waals surface area contributed by atoms with Crippen LogP contribution in [0, 0.1) is 0 Å². The lowest BCUT2D eigenvalue weighted by atomic mass is 10.2. The molecule has 0 amide bonds. The molecule has 65 heavy (non-hydrogen) atoms. The van der Waals surface area contributed by atoms with Gasteiger partial charge in [-0.25, -0.2) is 9.13 Å². The summed E-state index contributed by atoms with van der Waals surface area (Å²) in [7, 11) is -9.74. The molecule has 0 heterocycles. The smallest absolute Gasteiger partial charge is 0.462 e. The monoisotopic (exact) mass is 948 g/mol. The minimum atomic E-state index is -4.89. The number of hydrogen-bond donors (Lipinski definition) is 4. The standard InChI is InChI=1S/C50H78O13P2/c1-3-5-7-9-11-13-15-17-19-21-23-25-27-29-31-33-35-37-39-41-49(52)59-45-48(46-62-65(57,58)61-44-47(51)43-60-64(54,55)56)63-50(53)42-40-38-36-34-32-30-28-26-24-22-20-18-16-14-12-10-8-6-4-2/h5,7,11-14,17-20,23-26,29-32,35-38,47-48,51H,3-4,6,8-10,15-16,21-22,27-28,33-34,39-46H2,1-2H3,(H,57,58)(H2,54,55,56)/b7-5-,13-11-,14-12-,19-17-,20-18-,25-23-,26-24-,31-29-,32-30-,37-35-,38-36-/t47-,48+/m0/s1. The molecule has 0 aliphatic carbocycles. The summed E-state index contributed by atoms with van der Waals surface area (Å²) in [6, 6.07) is 0. The van der Waals surface area contributed by atoms with E-state index in [9.17, 15) is 28.7 Å². The lowest BCUT2D eigenvalue weighted by Gasteiger charge is -2.20. The summed E-state index contributed by atoms with van der Waals surface area (Å²) in [4.78, 5) is 52.7. The van der Waals surface area contributed by atoms with E-state index in [1.165, 1.54) is 19.3 Å². The number of phosphoric ester groups is 2. The molecule has 0 aliphatic rings. The Morgan fingerprint density at radius 3 is 1.25 bits per heavy atom. The van der Waals surface area contributed by atoms with Crippen molar-refractivity contribution in [1.82, 2.24) is 0 Å². The van der Waals surface area contributed by atoms with E-state index in [-0.39, 0.29) is 12.8 Å². The first-order valence-corrected chi connectivity index (χ1v) is 25.9. The van der Waals surface area contributed by atoms with E-state index >= 15 is 0 Å². The van der Waals surface area contributed by atoms with E-state index in [0.717, 1.165) is 57.8 Å². The van der Waals surface area contributed by atoms with E-state index in [2.05, 4.69) is 120 Å². The third kappa shape index (κ3) is 48.0. The first-order chi connectivity index (χ1) is 31.4. The number of unbranched alkanes of at least 4 members (excludes halogenated alkanes) is 3. The van der Waals surface area contributed by atoms with E-state index < -0.39 is 66.2 Å². The molecule has 0 fully saturated rings. The van der Waals surface area contributed by atoms with Gasteiger partial charge in [0.05, 0.1) is 19.8 Å². The lowest BCUT2D eigenvalue weighted by Crippen LogP contribution is -2.29. The molecule has 0 saturated heterocycles. The van der Waals surface area contributed by atoms with Crippen molar-refractivity contribution in [2.75, 3.05) is 26.4 Å². The van der Waals surface area contributed by atoms with Crippen LogP contribution in [0.15, 0.2) is 134 Å². The topological polar surface area (TPSA) is 195 Å². The average Bonchev–Trinajstić information content (AvgIpc) is 3.27. The number of rotatable bonds is 41. The molecule has 1 unspecified atom stereocenters. The van der Waals surface area contributed by atoms with E-state index in [1.54, 1.807) is 0 Å². The van der Waals surface area contributed by atoms with Gasteiger partial charge in [0.15, 0.2) is 6.10 Å². The normalized spacial score (nSPS) is 15.1. The molecule has 0 aromatic carbocycles. The largest absolute Gasteiger partial charge is 0.472 e. The van der Waals surface area contributed by atoms with E-state index in [4.69, 9.17) is 23.8 Å². The van der Waals surface area contributed by atoms with Crippen molar-refractivity contribution >= 4 is 27.6 Å². The average molecular weight is 949 g/mol. The number of ether oxygens (including phenoxy) is 2. The molecule has 0 aromatic rings. The summed E-state index contributed by atoms with van der Waals surface area (Å²) < 4.78 is 47.7. The number of carbonyl (C=O) groups excluding carboxylic acids is 2. The SMILES string of the molecule is CC/C=C\C/C=C\C/C=C\C/C=C\C/C=C\C/C=C\CCC(=O)OC[C@H](COP(=O)(O)OC[C@@H](O)COP(=O)(O)O)OC(=O)CC/C=C\C/C=C\C/C=C\C/C=C\C/C=C\CCCCC. The van der Waals surface area contributed by atoms with Crippen LogP contribution in [-0.2, 0) is 41.8 Å². The van der Waals surface area contributed by atoms with Gasteiger partial charge in [-0.05, 0) is 89.9 Å². The number of carbonyl (C=O) groups is 2. The number of esters is 2. The minimum absolute atomic E-state index is 0.0166. The van der Waals surface area contributed by atoms with Gasteiger partial charge in [0.2, 0.25) is 0 Å². The van der Waals surface area contributed by atoms with Crippen LogP contribution in [0.5, 0.6) is 0 Å². The summed E-state index contributed by atoms with van der Waals surface area (Å²) in [5.41, 5.74) is 0. The first-order valence-electron chi connectivity index (χ1n) is 22.9. The van der Waals surface area contributed by atoms with Crippen molar-refractivity contribution in [3.05, 3.63) is 134 Å². The number of phosphoric acid groups is 2. The van der Waals surface area contributed by atoms with Crippen LogP contribution in [0.25, 0.3) is 0 Å². The first kappa shape index (κ1) is 61.3. The number of allylic oxidation sites excluding steroid dienone is 22. The molecule has 0 bridgehead atoms. The maximum atomic E-state index is 12.7. The highest BCUT2D eigenvalue weighted by Gasteiger charge is 2.28. The molecule has 0 radical (unpaired) electrons. The lowest BCUT2D eigenvalue weighted by molar-refractivity contribution is -0.161. The Kier molecular flexibility index (Phi) is 41.6. The fourth-order valence-corrected chi connectivity index (χ4v) is 6.27. The third-order valence-corrected chi connectivity index (χ3v) is 9.98. The second kappa shape index (κ2) is 44.1. The predicted molar refractivity (Wildman–Crippen MR) is 262 cm³/mol. The highest BCUT2D eigenvalue weighted by molar-refractivity contribution is 7.47. The van der Waals surface area contributed by atoms with Crippen molar-refractivity contribution in [3.8, 4) is 0 Å². The van der Waals surface area contributed by atoms with Gasteiger partial charge in [0, 0.05) is 12.8 Å². The molecule has 15 heteroatoms. The van der Waals surface area contributed by atoms with Gasteiger partial charge >= 0.3 is 27.6 Å². The minimum Gasteiger partial charge on any atom is -0.462 e. The highest BCUT2D eigenvalue weighted by Crippen LogP contribution is 2.43. The van der Waals surface area contributed by atoms with Crippen molar-refractivity contribution in [2.45, 2.75) is 142 Å². The number of hydrogen-bond acceptors (Lipinski definition) is 10. The number of aliphatic hydroxyl groups excluding tert-OH is 1. The molecule has 0 aliphatic heterocycles. The van der Waals surface area contributed by atoms with E-state index in [1.807, 2.05) is 36.5 Å². The Hall–Kier alpha value is -3.74. The third-order valence-electron chi connectivity index (χ3n) is 8.54. The highest BCUT2D eigenvalue weighted by atomic mass is 31.2. The Morgan fingerprint density at radius 2 is 0.831 bits per heavy atom. The Labute approximate surface area is 389 Å². The van der Waals surface area contributed by atoms with Crippen molar-refractivity contribution in [3.63, 3.8) is 0 Å². The zero-order valence-electron chi connectivity index (χ0n) is 38.8. The van der Waals surface area contributed by atoms with Gasteiger partial charge in [0.25, 0.3) is 0 Å². The van der Waals surface area contributed by atoms with Crippen LogP contribution in [0.1, 0.15) is 129 Å². The van der Waals surface area contributed by atoms with Crippen molar-refractivity contribution < 1.29 is 61.6 Å². The number of aliphatic hydroxyl groups is 1. The molecule has 0 saturated carbocycles. The summed E-state index contributed by atoms with van der Waals surface area (Å²) in [5.74, 6) is -1.24. The second-order valence-corrected chi connectivity index (χ2v) is 17.3. The quantitative estimate of drug-likeness (QED) is 0.0196. The fourth-order valence-electron chi connectivity index (χ4n) is 5.12. The van der Waals surface area contributed by atoms with Gasteiger partial charge in [-0.2, -0.15) is 0 Å². The van der Waals surface area contributed by atoms with Crippen LogP contribution in [0.4, 0.5) is 0 Å². The summed E-state index contributed by atoms with van der Waals surface area (Å²) in [6.45, 7) is 1.43. The zero-order chi connectivity index (χ0) is 48.0. The van der Waals surface area contributed by atoms with Gasteiger partial charge in [-0.15, -0.1) is 0 Å². The maximum Gasteiger partial charge on any atom is 0.472 e. The zero-order valence-corrected chi connectivity index (χ0v) is 40.6. The van der Waals surface area contributed by atoms with Gasteiger partial charge < -0.3 is 29.3 Å². The van der Waals surface area contributed by atoms with Crippen LogP contribution in [0.3, 0.4) is 0 Å². The van der Waals surface area contributed by atoms with Crippen molar-refractivity contribution in [2.24, 2.45) is 0 Å².